The lowest BCUT2D eigenvalue weighted by Gasteiger charge is -1.99. The van der Waals surface area contributed by atoms with Crippen LogP contribution in [-0.2, 0) is 6.61 Å². The Morgan fingerprint density at radius 2 is 2.33 bits per heavy atom. The van der Waals surface area contributed by atoms with Crippen molar-refractivity contribution in [3.05, 3.63) is 36.0 Å². The van der Waals surface area contributed by atoms with E-state index in [1.807, 2.05) is 22.2 Å². The van der Waals surface area contributed by atoms with Gasteiger partial charge >= 0.3 is 0 Å². The lowest BCUT2D eigenvalue weighted by atomic mass is 10.4. The highest BCUT2D eigenvalue weighted by Crippen LogP contribution is 2.20. The molecule has 0 aliphatic rings. The third kappa shape index (κ3) is 1.19. The normalized spacial score (nSPS) is 11.3. The Kier molecular flexibility index (Phi) is 1.83. The van der Waals surface area contributed by atoms with Crippen LogP contribution in [0.5, 0.6) is 0 Å². The van der Waals surface area contributed by atoms with Crippen LogP contribution < -0.4 is 0 Å². The van der Waals surface area contributed by atoms with Gasteiger partial charge < -0.3 is 5.11 Å². The van der Waals surface area contributed by atoms with E-state index in [-0.39, 0.29) is 6.61 Å². The summed E-state index contributed by atoms with van der Waals surface area (Å²) in [5.41, 5.74) is 0.782. The van der Waals surface area contributed by atoms with E-state index < -0.39 is 0 Å². The fraction of sp³-hybridized carbons (Fsp3) is 0.111. The largest absolute Gasteiger partial charge is 0.390 e. The van der Waals surface area contributed by atoms with Gasteiger partial charge in [0, 0.05) is 24.0 Å². The number of aliphatic hydroxyl groups is 1. The van der Waals surface area contributed by atoms with Crippen molar-refractivity contribution in [1.29, 1.82) is 0 Å². The Labute approximate surface area is 89.3 Å². The van der Waals surface area contributed by atoms with Crippen molar-refractivity contribution in [3.8, 4) is 5.82 Å². The molecule has 0 aliphatic carbocycles. The summed E-state index contributed by atoms with van der Waals surface area (Å²) >= 11 is 1.54. The van der Waals surface area contributed by atoms with E-state index in [9.17, 15) is 5.11 Å². The van der Waals surface area contributed by atoms with Gasteiger partial charge in [0.2, 0.25) is 0 Å². The molecule has 0 aliphatic heterocycles. The first-order valence-corrected chi connectivity index (χ1v) is 5.31. The molecule has 0 aromatic carbocycles. The standard InChI is InChI=1S/C9H8N4OS/c14-5-7-8(12-2-1-10-6-12)11-9-13(7)3-4-15-9/h1-4,6,14H,5H2. The molecule has 0 saturated carbocycles. The summed E-state index contributed by atoms with van der Waals surface area (Å²) in [6.07, 6.45) is 7.07. The van der Waals surface area contributed by atoms with E-state index in [0.717, 1.165) is 16.5 Å². The second-order valence-electron chi connectivity index (χ2n) is 3.07. The summed E-state index contributed by atoms with van der Waals surface area (Å²) in [6.45, 7) is -0.0363. The molecule has 6 heteroatoms. The van der Waals surface area contributed by atoms with Crippen molar-refractivity contribution in [3.63, 3.8) is 0 Å². The monoisotopic (exact) mass is 220 g/mol. The lowest BCUT2D eigenvalue weighted by molar-refractivity contribution is 0.275. The van der Waals surface area contributed by atoms with Crippen LogP contribution in [0.3, 0.4) is 0 Å². The second kappa shape index (κ2) is 3.18. The number of hydrogen-bond donors (Lipinski definition) is 1. The van der Waals surface area contributed by atoms with Gasteiger partial charge in [0.25, 0.3) is 0 Å². The number of nitrogens with zero attached hydrogens (tertiary/aromatic N) is 4. The second-order valence-corrected chi connectivity index (χ2v) is 3.94. The van der Waals surface area contributed by atoms with Gasteiger partial charge in [0.15, 0.2) is 10.8 Å². The summed E-state index contributed by atoms with van der Waals surface area (Å²) in [5, 5.41) is 11.3. The summed E-state index contributed by atoms with van der Waals surface area (Å²) in [6, 6.07) is 0. The summed E-state index contributed by atoms with van der Waals surface area (Å²) in [5.74, 6) is 0.738. The van der Waals surface area contributed by atoms with Gasteiger partial charge in [-0.1, -0.05) is 0 Å². The van der Waals surface area contributed by atoms with Crippen LogP contribution in [-0.4, -0.2) is 24.0 Å². The zero-order valence-electron chi connectivity index (χ0n) is 7.74. The Morgan fingerprint density at radius 1 is 1.40 bits per heavy atom. The zero-order valence-corrected chi connectivity index (χ0v) is 8.55. The van der Waals surface area contributed by atoms with Crippen molar-refractivity contribution in [2.24, 2.45) is 0 Å². The van der Waals surface area contributed by atoms with Crippen LogP contribution in [0, 0.1) is 0 Å². The van der Waals surface area contributed by atoms with Gasteiger partial charge in [-0.25, -0.2) is 9.97 Å². The molecule has 0 bridgehead atoms. The number of imidazole rings is 2. The van der Waals surface area contributed by atoms with Crippen LogP contribution in [0.25, 0.3) is 10.8 Å². The van der Waals surface area contributed by atoms with Crippen LogP contribution in [0.1, 0.15) is 5.69 Å². The highest BCUT2D eigenvalue weighted by Gasteiger charge is 2.12. The Bertz CT molecular complexity index is 580. The quantitative estimate of drug-likeness (QED) is 0.703. The molecule has 3 heterocycles. The van der Waals surface area contributed by atoms with E-state index >= 15 is 0 Å². The zero-order chi connectivity index (χ0) is 10.3. The van der Waals surface area contributed by atoms with Gasteiger partial charge in [-0.2, -0.15) is 0 Å². The molecule has 3 aromatic rings. The Hall–Kier alpha value is -1.66. The van der Waals surface area contributed by atoms with Gasteiger partial charge in [0.1, 0.15) is 6.33 Å². The van der Waals surface area contributed by atoms with Gasteiger partial charge in [0.05, 0.1) is 12.3 Å². The Morgan fingerprint density at radius 3 is 3.07 bits per heavy atom. The van der Waals surface area contributed by atoms with Crippen LogP contribution >= 0.6 is 11.3 Å². The van der Waals surface area contributed by atoms with Gasteiger partial charge in [-0.05, 0) is 0 Å². The molecule has 1 N–H and O–H groups in total. The molecule has 0 amide bonds. The average molecular weight is 220 g/mol. The van der Waals surface area contributed by atoms with Crippen molar-refractivity contribution < 1.29 is 5.11 Å². The number of aromatic nitrogens is 4. The molecule has 15 heavy (non-hydrogen) atoms. The maximum Gasteiger partial charge on any atom is 0.195 e. The minimum absolute atomic E-state index is 0.0363. The maximum absolute atomic E-state index is 9.33. The van der Waals surface area contributed by atoms with Crippen LogP contribution in [0.15, 0.2) is 30.3 Å². The topological polar surface area (TPSA) is 55.3 Å². The molecule has 0 radical (unpaired) electrons. The molecule has 0 saturated heterocycles. The predicted molar refractivity (Wildman–Crippen MR) is 56.1 cm³/mol. The van der Waals surface area contributed by atoms with Gasteiger partial charge in [-0.15, -0.1) is 11.3 Å². The van der Waals surface area contributed by atoms with Crippen molar-refractivity contribution in [2.75, 3.05) is 0 Å². The molecular weight excluding hydrogens is 212 g/mol. The third-order valence-electron chi connectivity index (χ3n) is 2.24. The molecule has 0 fully saturated rings. The minimum atomic E-state index is -0.0363. The first-order chi connectivity index (χ1) is 7.40. The van der Waals surface area contributed by atoms with Crippen molar-refractivity contribution in [2.45, 2.75) is 6.61 Å². The molecule has 0 spiro atoms. The van der Waals surface area contributed by atoms with Crippen LogP contribution in [0.2, 0.25) is 0 Å². The summed E-state index contributed by atoms with van der Waals surface area (Å²) in [4.78, 5) is 9.27. The van der Waals surface area contributed by atoms with E-state index in [0.29, 0.717) is 0 Å². The molecular formula is C9H8N4OS. The minimum Gasteiger partial charge on any atom is -0.390 e. The van der Waals surface area contributed by atoms with E-state index in [4.69, 9.17) is 0 Å². The number of hydrogen-bond acceptors (Lipinski definition) is 4. The molecule has 3 rings (SSSR count). The van der Waals surface area contributed by atoms with Gasteiger partial charge in [-0.3, -0.25) is 8.97 Å². The fourth-order valence-corrected chi connectivity index (χ4v) is 2.29. The molecule has 0 unspecified atom stereocenters. The summed E-state index contributed by atoms with van der Waals surface area (Å²) in [7, 11) is 0. The molecule has 76 valence electrons. The number of aliphatic hydroxyl groups excluding tert-OH is 1. The maximum atomic E-state index is 9.33. The first-order valence-electron chi connectivity index (χ1n) is 4.44. The first kappa shape index (κ1) is 8.63. The van der Waals surface area contributed by atoms with Crippen LogP contribution in [0.4, 0.5) is 0 Å². The smallest absolute Gasteiger partial charge is 0.195 e. The van der Waals surface area contributed by atoms with Crippen molar-refractivity contribution in [1.82, 2.24) is 18.9 Å². The van der Waals surface area contributed by atoms with Crippen molar-refractivity contribution >= 4 is 16.3 Å². The Balaban J connectivity index is 2.30. The number of thiazole rings is 1. The highest BCUT2D eigenvalue weighted by molar-refractivity contribution is 7.15. The molecule has 5 nitrogen and oxygen atoms in total. The highest BCUT2D eigenvalue weighted by atomic mass is 32.1. The average Bonchev–Trinajstić information content (AvgIpc) is 2.93. The van der Waals surface area contributed by atoms with E-state index in [1.54, 1.807) is 28.4 Å². The molecule has 3 aromatic heterocycles. The van der Waals surface area contributed by atoms with E-state index in [2.05, 4.69) is 9.97 Å². The lowest BCUT2D eigenvalue weighted by Crippen LogP contribution is -1.98. The fourth-order valence-electron chi connectivity index (χ4n) is 1.56. The number of rotatable bonds is 2. The third-order valence-corrected chi connectivity index (χ3v) is 3.00. The predicted octanol–water partition coefficient (Wildman–Crippen LogP) is 1.07. The molecule has 0 atom stereocenters. The number of fused-ring (bicyclic) bond motifs is 1. The SMILES string of the molecule is OCc1c(-n2ccnc2)nc2sccn12. The summed E-state index contributed by atoms with van der Waals surface area (Å²) < 4.78 is 3.69. The van der Waals surface area contributed by atoms with E-state index in [1.165, 1.54) is 0 Å².